The smallest absolute Gasteiger partial charge is 0.261 e. The number of aryl methyl sites for hydroxylation is 1. The Labute approximate surface area is 140 Å². The molecule has 0 spiro atoms. The Bertz CT molecular complexity index is 571. The van der Waals surface area contributed by atoms with E-state index in [1.807, 2.05) is 45.9 Å². The van der Waals surface area contributed by atoms with E-state index >= 15 is 0 Å². The third-order valence-electron chi connectivity index (χ3n) is 2.94. The summed E-state index contributed by atoms with van der Waals surface area (Å²) in [7, 11) is 1.49. The second-order valence-corrected chi connectivity index (χ2v) is 4.37. The molecule has 3 nitrogen and oxygen atoms in total. The van der Waals surface area contributed by atoms with Crippen LogP contribution in [0.2, 0.25) is 0 Å². The number of hydrogen-bond acceptors (Lipinski definition) is 2. The number of carbonyl (C=O) groups is 2. The van der Waals surface area contributed by atoms with Gasteiger partial charge in [-0.1, -0.05) is 75.7 Å². The summed E-state index contributed by atoms with van der Waals surface area (Å²) in [6.07, 6.45) is 0. The highest BCUT2D eigenvalue weighted by atomic mass is 16.2. The van der Waals surface area contributed by atoms with Crippen LogP contribution in [0.15, 0.2) is 54.6 Å². The number of carbonyl (C=O) groups excluding carboxylic acids is 2. The van der Waals surface area contributed by atoms with Gasteiger partial charge in [-0.25, -0.2) is 0 Å². The molecule has 3 heteroatoms. The second-order valence-electron chi connectivity index (χ2n) is 4.37. The lowest BCUT2D eigenvalue weighted by atomic mass is 10.1. The largest absolute Gasteiger partial charge is 0.277 e. The van der Waals surface area contributed by atoms with Crippen LogP contribution < -0.4 is 0 Å². The van der Waals surface area contributed by atoms with Crippen molar-refractivity contribution in [2.45, 2.75) is 34.6 Å². The van der Waals surface area contributed by atoms with Crippen molar-refractivity contribution in [3.05, 3.63) is 71.3 Å². The summed E-state index contributed by atoms with van der Waals surface area (Å²) in [6, 6.07) is 17.1. The predicted octanol–water partition coefficient (Wildman–Crippen LogP) is 4.96. The molecule has 0 radical (unpaired) electrons. The molecule has 3 rings (SSSR count). The van der Waals surface area contributed by atoms with Gasteiger partial charge in [0.25, 0.3) is 11.8 Å². The van der Waals surface area contributed by atoms with Gasteiger partial charge in [0.1, 0.15) is 0 Å². The van der Waals surface area contributed by atoms with E-state index in [1.54, 1.807) is 24.3 Å². The SMILES string of the molecule is CC.CC.CN1C(=O)c2ccccc2C1=O.Cc1ccccc1. The highest BCUT2D eigenvalue weighted by molar-refractivity contribution is 6.21. The van der Waals surface area contributed by atoms with E-state index in [4.69, 9.17) is 0 Å². The zero-order chi connectivity index (χ0) is 17.8. The van der Waals surface area contributed by atoms with E-state index in [0.29, 0.717) is 11.1 Å². The Kier molecular flexibility index (Phi) is 10.0. The molecule has 1 aliphatic rings. The monoisotopic (exact) mass is 313 g/mol. The van der Waals surface area contributed by atoms with Gasteiger partial charge >= 0.3 is 0 Å². The average Bonchev–Trinajstić information content (AvgIpc) is 2.85. The molecule has 0 saturated carbocycles. The van der Waals surface area contributed by atoms with Crippen molar-refractivity contribution >= 4 is 11.8 Å². The zero-order valence-corrected chi connectivity index (χ0v) is 15.0. The van der Waals surface area contributed by atoms with Crippen LogP contribution in [0, 0.1) is 6.92 Å². The van der Waals surface area contributed by atoms with Crippen LogP contribution >= 0.6 is 0 Å². The number of imide groups is 1. The van der Waals surface area contributed by atoms with Crippen LogP contribution in [0.1, 0.15) is 54.0 Å². The van der Waals surface area contributed by atoms with Crippen LogP contribution in [0.3, 0.4) is 0 Å². The fourth-order valence-corrected chi connectivity index (χ4v) is 1.84. The van der Waals surface area contributed by atoms with E-state index < -0.39 is 0 Å². The molecule has 0 aliphatic carbocycles. The Hall–Kier alpha value is -2.42. The summed E-state index contributed by atoms with van der Waals surface area (Å²) < 4.78 is 0. The zero-order valence-electron chi connectivity index (χ0n) is 15.0. The van der Waals surface area contributed by atoms with Crippen LogP contribution in [-0.4, -0.2) is 23.8 Å². The third-order valence-corrected chi connectivity index (χ3v) is 2.94. The lowest BCUT2D eigenvalue weighted by molar-refractivity contribution is 0.0693. The first-order chi connectivity index (χ1) is 11.1. The molecule has 0 N–H and O–H groups in total. The Balaban J connectivity index is 0.000000377. The molecule has 23 heavy (non-hydrogen) atoms. The third kappa shape index (κ3) is 5.70. The van der Waals surface area contributed by atoms with Crippen molar-refractivity contribution in [3.63, 3.8) is 0 Å². The van der Waals surface area contributed by atoms with Gasteiger partial charge in [0.15, 0.2) is 0 Å². The van der Waals surface area contributed by atoms with E-state index in [2.05, 4.69) is 19.1 Å². The van der Waals surface area contributed by atoms with Gasteiger partial charge in [0.2, 0.25) is 0 Å². The van der Waals surface area contributed by atoms with Gasteiger partial charge < -0.3 is 0 Å². The van der Waals surface area contributed by atoms with Gasteiger partial charge in [-0.3, -0.25) is 14.5 Å². The van der Waals surface area contributed by atoms with E-state index in [-0.39, 0.29) is 11.8 Å². The van der Waals surface area contributed by atoms with Crippen molar-refractivity contribution in [1.82, 2.24) is 4.90 Å². The summed E-state index contributed by atoms with van der Waals surface area (Å²) >= 11 is 0. The lowest BCUT2D eigenvalue weighted by Gasteiger charge is -2.02. The fourth-order valence-electron chi connectivity index (χ4n) is 1.84. The first kappa shape index (κ1) is 20.6. The molecule has 0 bridgehead atoms. The molecule has 2 aromatic rings. The van der Waals surface area contributed by atoms with Gasteiger partial charge in [0.05, 0.1) is 11.1 Å². The molecule has 2 aromatic carbocycles. The number of benzene rings is 2. The summed E-state index contributed by atoms with van der Waals surface area (Å²) in [4.78, 5) is 23.8. The summed E-state index contributed by atoms with van der Waals surface area (Å²) in [5, 5.41) is 0. The maximum atomic E-state index is 11.3. The first-order valence-electron chi connectivity index (χ1n) is 8.04. The molecule has 0 fully saturated rings. The van der Waals surface area contributed by atoms with Gasteiger partial charge in [-0.2, -0.15) is 0 Å². The Morgan fingerprint density at radius 3 is 1.30 bits per heavy atom. The molecular formula is C20H27NO2. The standard InChI is InChI=1S/C9H7NO2.C7H8.2C2H6/c1-10-8(11)6-4-2-3-5-7(6)9(10)12;1-7-5-3-2-4-6-7;2*1-2/h2-5H,1H3;2-6H,1H3;2*1-2H3. The van der Waals surface area contributed by atoms with Gasteiger partial charge in [-0.15, -0.1) is 0 Å². The quantitative estimate of drug-likeness (QED) is 0.645. The summed E-state index contributed by atoms with van der Waals surface area (Å²) in [5.74, 6) is -0.425. The van der Waals surface area contributed by atoms with Crippen molar-refractivity contribution in [2.24, 2.45) is 0 Å². The van der Waals surface area contributed by atoms with Crippen LogP contribution in [0.4, 0.5) is 0 Å². The molecule has 0 atom stereocenters. The molecule has 0 unspecified atom stereocenters. The predicted molar refractivity (Wildman–Crippen MR) is 96.7 cm³/mol. The molecular weight excluding hydrogens is 286 g/mol. The normalized spacial score (nSPS) is 11.1. The van der Waals surface area contributed by atoms with Crippen molar-refractivity contribution in [2.75, 3.05) is 7.05 Å². The average molecular weight is 313 g/mol. The minimum atomic E-state index is -0.212. The number of rotatable bonds is 0. The number of fused-ring (bicyclic) bond motifs is 1. The second kappa shape index (κ2) is 11.2. The molecule has 0 saturated heterocycles. The van der Waals surface area contributed by atoms with Crippen LogP contribution in [0.5, 0.6) is 0 Å². The van der Waals surface area contributed by atoms with Crippen LogP contribution in [-0.2, 0) is 0 Å². The summed E-state index contributed by atoms with van der Waals surface area (Å²) in [6.45, 7) is 10.1. The van der Waals surface area contributed by atoms with Crippen LogP contribution in [0.25, 0.3) is 0 Å². The molecule has 124 valence electrons. The van der Waals surface area contributed by atoms with Crippen molar-refractivity contribution in [3.8, 4) is 0 Å². The van der Waals surface area contributed by atoms with E-state index in [0.717, 1.165) is 4.90 Å². The first-order valence-corrected chi connectivity index (χ1v) is 8.04. The molecule has 2 amide bonds. The molecule has 1 aliphatic heterocycles. The number of nitrogens with zero attached hydrogens (tertiary/aromatic N) is 1. The number of amides is 2. The topological polar surface area (TPSA) is 37.4 Å². The highest BCUT2D eigenvalue weighted by Crippen LogP contribution is 2.20. The fraction of sp³-hybridized carbons (Fsp3) is 0.300. The van der Waals surface area contributed by atoms with Crippen molar-refractivity contribution < 1.29 is 9.59 Å². The minimum absolute atomic E-state index is 0.212. The Morgan fingerprint density at radius 1 is 0.652 bits per heavy atom. The number of hydrogen-bond donors (Lipinski definition) is 0. The minimum Gasteiger partial charge on any atom is -0.277 e. The van der Waals surface area contributed by atoms with Gasteiger partial charge in [-0.05, 0) is 19.1 Å². The Morgan fingerprint density at radius 2 is 1.00 bits per heavy atom. The maximum absolute atomic E-state index is 11.3. The van der Waals surface area contributed by atoms with E-state index in [1.165, 1.54) is 12.6 Å². The molecule has 0 aromatic heterocycles. The summed E-state index contributed by atoms with van der Waals surface area (Å²) in [5.41, 5.74) is 2.33. The van der Waals surface area contributed by atoms with E-state index in [9.17, 15) is 9.59 Å². The molecule has 1 heterocycles. The maximum Gasteiger partial charge on any atom is 0.261 e. The van der Waals surface area contributed by atoms with Crippen molar-refractivity contribution in [1.29, 1.82) is 0 Å². The highest BCUT2D eigenvalue weighted by Gasteiger charge is 2.31. The van der Waals surface area contributed by atoms with Gasteiger partial charge in [0, 0.05) is 7.05 Å². The lowest BCUT2D eigenvalue weighted by Crippen LogP contribution is -2.24.